The largest absolute Gasteiger partial charge is 0.483 e. The van der Waals surface area contributed by atoms with Gasteiger partial charge in [-0.25, -0.2) is 0 Å². The first-order valence-electron chi connectivity index (χ1n) is 11.2. The standard InChI is InChI=1S/C25H30N4O5/c1-4-18(17-9-5-8-12-21(17)34-16-25(33)28(2)3)26-22(30)13-14-24(32)29-15-23(31)27-19-10-6-7-11-20(19)29/h5-12,18H,4,13-16H2,1-3H3,(H,26,30)(H,27,31). The summed E-state index contributed by atoms with van der Waals surface area (Å²) in [6, 6.07) is 14.0. The van der Waals surface area contributed by atoms with E-state index in [1.54, 1.807) is 50.5 Å². The van der Waals surface area contributed by atoms with Crippen molar-refractivity contribution in [3.05, 3.63) is 54.1 Å². The summed E-state index contributed by atoms with van der Waals surface area (Å²) in [5, 5.41) is 5.70. The van der Waals surface area contributed by atoms with Crippen molar-refractivity contribution in [1.29, 1.82) is 0 Å². The number of likely N-dealkylation sites (N-methyl/N-ethyl adjacent to an activating group) is 1. The molecule has 2 N–H and O–H groups in total. The van der Waals surface area contributed by atoms with Crippen molar-refractivity contribution in [3.63, 3.8) is 0 Å². The molecule has 3 rings (SSSR count). The van der Waals surface area contributed by atoms with Crippen LogP contribution in [0.15, 0.2) is 48.5 Å². The number of hydrogen-bond acceptors (Lipinski definition) is 5. The van der Waals surface area contributed by atoms with Gasteiger partial charge in [0.2, 0.25) is 17.7 Å². The van der Waals surface area contributed by atoms with Gasteiger partial charge < -0.3 is 25.2 Å². The summed E-state index contributed by atoms with van der Waals surface area (Å²) in [6.07, 6.45) is 0.554. The molecule has 0 saturated heterocycles. The molecule has 1 atom stereocenters. The molecule has 0 bridgehead atoms. The van der Waals surface area contributed by atoms with Crippen LogP contribution in [0.2, 0.25) is 0 Å². The number of fused-ring (bicyclic) bond motifs is 1. The predicted octanol–water partition coefficient (Wildman–Crippen LogP) is 2.49. The molecule has 1 heterocycles. The average molecular weight is 467 g/mol. The number of nitrogens with one attached hydrogen (secondary N) is 2. The summed E-state index contributed by atoms with van der Waals surface area (Å²) in [5.74, 6) is -0.493. The lowest BCUT2D eigenvalue weighted by molar-refractivity contribution is -0.130. The molecule has 0 saturated carbocycles. The Morgan fingerprint density at radius 3 is 2.53 bits per heavy atom. The van der Waals surface area contributed by atoms with E-state index < -0.39 is 0 Å². The van der Waals surface area contributed by atoms with Crippen LogP contribution in [0.1, 0.15) is 37.8 Å². The first-order chi connectivity index (χ1) is 16.3. The number of anilines is 2. The topological polar surface area (TPSA) is 108 Å². The molecule has 9 nitrogen and oxygen atoms in total. The van der Waals surface area contributed by atoms with Crippen LogP contribution in [0, 0.1) is 0 Å². The van der Waals surface area contributed by atoms with Crippen molar-refractivity contribution in [3.8, 4) is 5.75 Å². The minimum Gasteiger partial charge on any atom is -0.483 e. The fourth-order valence-corrected chi connectivity index (χ4v) is 3.65. The van der Waals surface area contributed by atoms with Gasteiger partial charge in [-0.15, -0.1) is 0 Å². The Labute approximate surface area is 199 Å². The number of carbonyl (C=O) groups excluding carboxylic acids is 4. The molecule has 2 aromatic carbocycles. The maximum absolute atomic E-state index is 12.8. The lowest BCUT2D eigenvalue weighted by atomic mass is 10.0. The van der Waals surface area contributed by atoms with Gasteiger partial charge in [0.15, 0.2) is 6.61 Å². The van der Waals surface area contributed by atoms with Crippen LogP contribution in [0.4, 0.5) is 11.4 Å². The third-order valence-electron chi connectivity index (χ3n) is 5.53. The Bertz CT molecular complexity index is 1070. The zero-order valence-electron chi connectivity index (χ0n) is 19.7. The zero-order chi connectivity index (χ0) is 24.7. The number of amides is 4. The van der Waals surface area contributed by atoms with Gasteiger partial charge in [-0.3, -0.25) is 19.2 Å². The van der Waals surface area contributed by atoms with Crippen molar-refractivity contribution < 1.29 is 23.9 Å². The van der Waals surface area contributed by atoms with Crippen LogP contribution < -0.4 is 20.3 Å². The Balaban J connectivity index is 1.61. The van der Waals surface area contributed by atoms with Crippen LogP contribution >= 0.6 is 0 Å². The number of hydrogen-bond donors (Lipinski definition) is 2. The second-order valence-electron chi connectivity index (χ2n) is 8.19. The summed E-state index contributed by atoms with van der Waals surface area (Å²) < 4.78 is 5.70. The molecule has 0 radical (unpaired) electrons. The van der Waals surface area contributed by atoms with Crippen LogP contribution in [-0.2, 0) is 19.2 Å². The highest BCUT2D eigenvalue weighted by Crippen LogP contribution is 2.30. The average Bonchev–Trinajstić information content (AvgIpc) is 2.83. The van der Waals surface area contributed by atoms with Gasteiger partial charge in [-0.1, -0.05) is 37.3 Å². The van der Waals surface area contributed by atoms with Crippen molar-refractivity contribution in [1.82, 2.24) is 10.2 Å². The maximum atomic E-state index is 12.8. The van der Waals surface area contributed by atoms with Gasteiger partial charge in [0.05, 0.1) is 17.4 Å². The first-order valence-corrected chi connectivity index (χ1v) is 11.2. The molecule has 4 amide bonds. The molecule has 9 heteroatoms. The van der Waals surface area contributed by atoms with E-state index in [0.29, 0.717) is 23.5 Å². The summed E-state index contributed by atoms with van der Waals surface area (Å²) in [7, 11) is 3.31. The van der Waals surface area contributed by atoms with Crippen molar-refractivity contribution in [2.24, 2.45) is 0 Å². The molecular weight excluding hydrogens is 436 g/mol. The number of nitrogens with zero attached hydrogens (tertiary/aromatic N) is 2. The smallest absolute Gasteiger partial charge is 0.259 e. The van der Waals surface area contributed by atoms with Gasteiger partial charge in [0.25, 0.3) is 5.91 Å². The molecular formula is C25H30N4O5. The number of para-hydroxylation sites is 3. The third kappa shape index (κ3) is 6.12. The number of benzene rings is 2. The van der Waals surface area contributed by atoms with Gasteiger partial charge in [0, 0.05) is 32.5 Å². The van der Waals surface area contributed by atoms with Gasteiger partial charge in [-0.2, -0.15) is 0 Å². The first kappa shape index (κ1) is 24.8. The van der Waals surface area contributed by atoms with Crippen LogP contribution in [0.25, 0.3) is 0 Å². The predicted molar refractivity (Wildman–Crippen MR) is 128 cm³/mol. The lowest BCUT2D eigenvalue weighted by Gasteiger charge is -2.29. The van der Waals surface area contributed by atoms with E-state index in [9.17, 15) is 19.2 Å². The molecule has 34 heavy (non-hydrogen) atoms. The minimum atomic E-state index is -0.338. The highest BCUT2D eigenvalue weighted by atomic mass is 16.5. The van der Waals surface area contributed by atoms with Crippen molar-refractivity contribution >= 4 is 35.0 Å². The monoisotopic (exact) mass is 466 g/mol. The second kappa shape index (κ2) is 11.3. The molecule has 0 aliphatic carbocycles. The number of rotatable bonds is 9. The van der Waals surface area contributed by atoms with E-state index in [1.165, 1.54) is 9.80 Å². The van der Waals surface area contributed by atoms with Crippen LogP contribution in [0.5, 0.6) is 5.75 Å². The molecule has 1 unspecified atom stereocenters. The van der Waals surface area contributed by atoms with Gasteiger partial charge >= 0.3 is 0 Å². The second-order valence-corrected chi connectivity index (χ2v) is 8.19. The zero-order valence-corrected chi connectivity index (χ0v) is 19.7. The van der Waals surface area contributed by atoms with E-state index >= 15 is 0 Å². The highest BCUT2D eigenvalue weighted by Gasteiger charge is 2.27. The van der Waals surface area contributed by atoms with Crippen molar-refractivity contribution in [2.45, 2.75) is 32.2 Å². The summed E-state index contributed by atoms with van der Waals surface area (Å²) in [6.45, 7) is 1.75. The van der Waals surface area contributed by atoms with E-state index in [4.69, 9.17) is 4.74 Å². The highest BCUT2D eigenvalue weighted by molar-refractivity contribution is 6.10. The van der Waals surface area contributed by atoms with Gasteiger partial charge in [-0.05, 0) is 24.6 Å². The molecule has 2 aromatic rings. The fraction of sp³-hybridized carbons (Fsp3) is 0.360. The van der Waals surface area contributed by atoms with E-state index in [1.807, 2.05) is 19.1 Å². The van der Waals surface area contributed by atoms with E-state index in [0.717, 1.165) is 5.56 Å². The lowest BCUT2D eigenvalue weighted by Crippen LogP contribution is -2.42. The maximum Gasteiger partial charge on any atom is 0.259 e. The molecule has 0 aromatic heterocycles. The van der Waals surface area contributed by atoms with Crippen molar-refractivity contribution in [2.75, 3.05) is 37.5 Å². The molecule has 0 fully saturated rings. The number of carbonyl (C=O) groups is 4. The summed E-state index contributed by atoms with van der Waals surface area (Å²) >= 11 is 0. The van der Waals surface area contributed by atoms with Crippen LogP contribution in [0.3, 0.4) is 0 Å². The third-order valence-corrected chi connectivity index (χ3v) is 5.53. The molecule has 0 spiro atoms. The van der Waals surface area contributed by atoms with E-state index in [2.05, 4.69) is 10.6 Å². The Hall–Kier alpha value is -3.88. The quantitative estimate of drug-likeness (QED) is 0.590. The molecule has 180 valence electrons. The fourth-order valence-electron chi connectivity index (χ4n) is 3.65. The minimum absolute atomic E-state index is 0.0161. The Morgan fingerprint density at radius 2 is 1.79 bits per heavy atom. The number of ether oxygens (including phenoxy) is 1. The van der Waals surface area contributed by atoms with Crippen LogP contribution in [-0.4, -0.2) is 55.8 Å². The Morgan fingerprint density at radius 1 is 1.09 bits per heavy atom. The molecule has 1 aliphatic rings. The molecule has 1 aliphatic heterocycles. The van der Waals surface area contributed by atoms with Gasteiger partial charge in [0.1, 0.15) is 12.3 Å². The normalized spacial score (nSPS) is 13.4. The summed E-state index contributed by atoms with van der Waals surface area (Å²) in [5.41, 5.74) is 1.96. The SMILES string of the molecule is CCC(NC(=O)CCC(=O)N1CC(=O)Nc2ccccc21)c1ccccc1OCC(=O)N(C)C. The van der Waals surface area contributed by atoms with E-state index in [-0.39, 0.29) is 55.7 Å². The Kier molecular flexibility index (Phi) is 8.24. The summed E-state index contributed by atoms with van der Waals surface area (Å²) in [4.78, 5) is 52.2.